The van der Waals surface area contributed by atoms with Gasteiger partial charge in [-0.25, -0.2) is 0 Å². The lowest BCUT2D eigenvalue weighted by Gasteiger charge is -2.18. The summed E-state index contributed by atoms with van der Waals surface area (Å²) in [4.78, 5) is 38.0. The molecule has 0 heterocycles. The second-order valence-corrected chi connectivity index (χ2v) is 23.8. The van der Waals surface area contributed by atoms with Gasteiger partial charge in [0.2, 0.25) is 0 Å². The summed E-state index contributed by atoms with van der Waals surface area (Å²) < 4.78 is 16.8. The Morgan fingerprint density at radius 2 is 0.360 bits per heavy atom. The molecule has 0 aromatic rings. The van der Waals surface area contributed by atoms with Gasteiger partial charge in [-0.05, 0) is 19.3 Å². The third-order valence-corrected chi connectivity index (χ3v) is 16.1. The minimum Gasteiger partial charge on any atom is -0.462 e. The van der Waals surface area contributed by atoms with Gasteiger partial charge < -0.3 is 14.2 Å². The third kappa shape index (κ3) is 63.1. The highest BCUT2D eigenvalue weighted by Crippen LogP contribution is 2.19. The summed E-state index contributed by atoms with van der Waals surface area (Å²) in [5.74, 6) is -0.838. The van der Waals surface area contributed by atoms with Crippen molar-refractivity contribution >= 4 is 17.9 Å². The van der Waals surface area contributed by atoms with Crippen LogP contribution in [0.15, 0.2) is 0 Å². The van der Waals surface area contributed by atoms with Crippen molar-refractivity contribution in [3.05, 3.63) is 0 Å². The number of esters is 3. The first kappa shape index (κ1) is 73.4. The van der Waals surface area contributed by atoms with E-state index in [9.17, 15) is 14.4 Å². The zero-order valence-corrected chi connectivity index (χ0v) is 51.4. The first-order valence-corrected chi connectivity index (χ1v) is 34.5. The molecule has 1 atom stereocenters. The van der Waals surface area contributed by atoms with Gasteiger partial charge in [0.05, 0.1) is 0 Å². The van der Waals surface area contributed by atoms with Crippen LogP contribution in [0.4, 0.5) is 0 Å². The lowest BCUT2D eigenvalue weighted by molar-refractivity contribution is -0.167. The Hall–Kier alpha value is -1.59. The molecule has 0 aliphatic rings. The van der Waals surface area contributed by atoms with Crippen LogP contribution >= 0.6 is 0 Å². The molecule has 0 saturated heterocycles. The fourth-order valence-corrected chi connectivity index (χ4v) is 10.9. The molecule has 0 aromatic carbocycles. The van der Waals surface area contributed by atoms with Gasteiger partial charge in [0.1, 0.15) is 13.2 Å². The van der Waals surface area contributed by atoms with Crippen LogP contribution in [-0.2, 0) is 28.6 Å². The third-order valence-electron chi connectivity index (χ3n) is 16.1. The Morgan fingerprint density at radius 3 is 0.533 bits per heavy atom. The highest BCUT2D eigenvalue weighted by Gasteiger charge is 2.19. The zero-order chi connectivity index (χ0) is 54.3. The molecular formula is C69H134O6. The Bertz CT molecular complexity index is 1120. The second-order valence-electron chi connectivity index (χ2n) is 23.8. The molecule has 0 radical (unpaired) electrons. The van der Waals surface area contributed by atoms with Gasteiger partial charge in [0, 0.05) is 19.3 Å². The molecular weight excluding hydrogens is 925 g/mol. The minimum absolute atomic E-state index is 0.0617. The van der Waals surface area contributed by atoms with Crippen LogP contribution in [-0.4, -0.2) is 37.2 Å². The molecule has 0 aliphatic heterocycles. The topological polar surface area (TPSA) is 78.9 Å². The van der Waals surface area contributed by atoms with Crippen LogP contribution in [0, 0.1) is 0 Å². The lowest BCUT2D eigenvalue weighted by atomic mass is 10.0. The van der Waals surface area contributed by atoms with E-state index in [1.807, 2.05) is 0 Å². The van der Waals surface area contributed by atoms with E-state index in [1.54, 1.807) is 0 Å². The molecule has 0 amide bonds. The molecule has 75 heavy (non-hydrogen) atoms. The number of carbonyl (C=O) groups excluding carboxylic acids is 3. The lowest BCUT2D eigenvalue weighted by Crippen LogP contribution is -2.30. The summed E-state index contributed by atoms with van der Waals surface area (Å²) in [7, 11) is 0. The Kier molecular flexibility index (Phi) is 63.6. The summed E-state index contributed by atoms with van der Waals surface area (Å²) in [5.41, 5.74) is 0. The fourth-order valence-electron chi connectivity index (χ4n) is 10.9. The van der Waals surface area contributed by atoms with Gasteiger partial charge in [-0.15, -0.1) is 0 Å². The van der Waals surface area contributed by atoms with Gasteiger partial charge in [-0.3, -0.25) is 14.4 Å². The van der Waals surface area contributed by atoms with E-state index in [0.717, 1.165) is 57.8 Å². The summed E-state index contributed by atoms with van der Waals surface area (Å²) in [6, 6.07) is 0. The molecule has 6 heteroatoms. The van der Waals surface area contributed by atoms with E-state index in [1.165, 1.54) is 308 Å². The van der Waals surface area contributed by atoms with Crippen LogP contribution in [0.3, 0.4) is 0 Å². The molecule has 0 bridgehead atoms. The molecule has 446 valence electrons. The Morgan fingerprint density at radius 1 is 0.213 bits per heavy atom. The van der Waals surface area contributed by atoms with Crippen molar-refractivity contribution in [3.8, 4) is 0 Å². The normalized spacial score (nSPS) is 11.9. The summed E-state index contributed by atoms with van der Waals surface area (Å²) in [6.45, 7) is 6.68. The monoisotopic (exact) mass is 1060 g/mol. The number of unbranched alkanes of at least 4 members (excludes halogenated alkanes) is 54. The van der Waals surface area contributed by atoms with Gasteiger partial charge in [0.15, 0.2) is 6.10 Å². The molecule has 0 aliphatic carbocycles. The van der Waals surface area contributed by atoms with Crippen molar-refractivity contribution in [2.24, 2.45) is 0 Å². The maximum Gasteiger partial charge on any atom is 0.306 e. The van der Waals surface area contributed by atoms with Gasteiger partial charge in [0.25, 0.3) is 0 Å². The number of carbonyl (C=O) groups is 3. The number of ether oxygens (including phenoxy) is 3. The second kappa shape index (κ2) is 64.9. The quantitative estimate of drug-likeness (QED) is 0.0343. The minimum atomic E-state index is -0.760. The summed E-state index contributed by atoms with van der Waals surface area (Å²) >= 11 is 0. The molecule has 6 nitrogen and oxygen atoms in total. The molecule has 0 N–H and O–H groups in total. The van der Waals surface area contributed by atoms with E-state index >= 15 is 0 Å². The highest BCUT2D eigenvalue weighted by atomic mass is 16.6. The zero-order valence-electron chi connectivity index (χ0n) is 51.4. The number of hydrogen-bond acceptors (Lipinski definition) is 6. The Balaban J connectivity index is 3.86. The largest absolute Gasteiger partial charge is 0.462 e. The molecule has 0 fully saturated rings. The fraction of sp³-hybridized carbons (Fsp3) is 0.957. The maximum absolute atomic E-state index is 12.8. The van der Waals surface area contributed by atoms with E-state index < -0.39 is 6.10 Å². The Labute approximate surface area is 469 Å². The molecule has 0 saturated carbocycles. The van der Waals surface area contributed by atoms with Gasteiger partial charge in [-0.1, -0.05) is 367 Å². The smallest absolute Gasteiger partial charge is 0.306 e. The first-order valence-electron chi connectivity index (χ1n) is 34.5. The molecule has 0 spiro atoms. The van der Waals surface area contributed by atoms with Gasteiger partial charge in [-0.2, -0.15) is 0 Å². The number of hydrogen-bond donors (Lipinski definition) is 0. The summed E-state index contributed by atoms with van der Waals surface area (Å²) in [6.07, 6.45) is 76.1. The van der Waals surface area contributed by atoms with Gasteiger partial charge >= 0.3 is 17.9 Å². The van der Waals surface area contributed by atoms with Crippen LogP contribution in [0.25, 0.3) is 0 Å². The van der Waals surface area contributed by atoms with Crippen LogP contribution in [0.5, 0.6) is 0 Å². The van der Waals surface area contributed by atoms with Crippen LogP contribution < -0.4 is 0 Å². The van der Waals surface area contributed by atoms with E-state index in [0.29, 0.717) is 19.3 Å². The van der Waals surface area contributed by atoms with Crippen molar-refractivity contribution < 1.29 is 28.6 Å². The van der Waals surface area contributed by atoms with Crippen molar-refractivity contribution in [3.63, 3.8) is 0 Å². The predicted molar refractivity (Wildman–Crippen MR) is 326 cm³/mol. The van der Waals surface area contributed by atoms with Crippen molar-refractivity contribution in [1.29, 1.82) is 0 Å². The first-order chi connectivity index (χ1) is 37.0. The molecule has 0 rings (SSSR count). The van der Waals surface area contributed by atoms with E-state index in [2.05, 4.69) is 20.8 Å². The maximum atomic E-state index is 12.8. The van der Waals surface area contributed by atoms with Crippen molar-refractivity contribution in [2.45, 2.75) is 412 Å². The van der Waals surface area contributed by atoms with E-state index in [4.69, 9.17) is 14.2 Å². The average Bonchev–Trinajstić information content (AvgIpc) is 3.41. The van der Waals surface area contributed by atoms with Crippen LogP contribution in [0.2, 0.25) is 0 Å². The highest BCUT2D eigenvalue weighted by molar-refractivity contribution is 5.71. The molecule has 0 aromatic heterocycles. The average molecular weight is 1060 g/mol. The molecule has 1 unspecified atom stereocenters. The standard InChI is InChI=1S/C69H134O6/c1-4-7-10-13-16-18-20-22-24-25-26-27-28-29-30-31-32-33-34-35-36-37-38-39-40-41-42-43-45-46-48-50-53-56-59-62-68(71)74-65-66(64-73-67(70)61-58-55-52-15-12-9-6-3)75-69(72)63-60-57-54-51-49-47-44-23-21-19-17-14-11-8-5-2/h66H,4-65H2,1-3H3. The number of rotatable bonds is 65. The van der Waals surface area contributed by atoms with Crippen molar-refractivity contribution in [1.82, 2.24) is 0 Å². The summed E-state index contributed by atoms with van der Waals surface area (Å²) in [5, 5.41) is 0. The SMILES string of the molecule is CCCCCCCCCCCCCCCCCCCCCCCCCCCCCCCCCCCCCC(=O)OCC(COC(=O)CCCCCCCCC)OC(=O)CCCCCCCCCCCCCCCCC. The predicted octanol–water partition coefficient (Wildman–Crippen LogP) is 23.5. The van der Waals surface area contributed by atoms with E-state index in [-0.39, 0.29) is 31.1 Å². The van der Waals surface area contributed by atoms with Crippen molar-refractivity contribution in [2.75, 3.05) is 13.2 Å². The van der Waals surface area contributed by atoms with Crippen LogP contribution in [0.1, 0.15) is 406 Å².